The summed E-state index contributed by atoms with van der Waals surface area (Å²) in [7, 11) is 0. The van der Waals surface area contributed by atoms with Gasteiger partial charge in [-0.3, -0.25) is 38.4 Å². The third kappa shape index (κ3) is 17.3. The van der Waals surface area contributed by atoms with Gasteiger partial charge >= 0.3 is 0 Å². The minimum atomic E-state index is -1.64. The number of carbonyl (C=O) groups is 8. The summed E-state index contributed by atoms with van der Waals surface area (Å²) in [5, 5.41) is 43.8. The predicted octanol–water partition coefficient (Wildman–Crippen LogP) is -1.26. The Kier molecular flexibility index (Phi) is 23.5. The van der Waals surface area contributed by atoms with E-state index in [4.69, 9.17) is 17.2 Å². The molecule has 410 valence electrons. The van der Waals surface area contributed by atoms with Crippen LogP contribution in [0.15, 0.2) is 60.9 Å². The van der Waals surface area contributed by atoms with Crippen molar-refractivity contribution in [2.45, 2.75) is 139 Å². The Hall–Kier alpha value is -6.92. The number of aliphatic hydroxyl groups is 2. The number of unbranched alkanes of at least 4 members (excludes halogenated alkanes) is 3. The number of benzene rings is 2. The Balaban J connectivity index is 1.60. The van der Waals surface area contributed by atoms with Crippen LogP contribution in [0.25, 0.3) is 21.8 Å². The molecule has 4 aromatic rings. The van der Waals surface area contributed by atoms with E-state index in [0.29, 0.717) is 49.7 Å². The molecule has 1 saturated heterocycles. The number of aliphatic hydroxyl groups excluding tert-OH is 2. The molecule has 23 heteroatoms. The number of hydrogen-bond acceptors (Lipinski definition) is 13. The van der Waals surface area contributed by atoms with Crippen LogP contribution in [0.3, 0.4) is 0 Å². The molecule has 0 aliphatic carbocycles. The Morgan fingerprint density at radius 3 is 1.05 bits per heavy atom. The molecule has 1 aliphatic rings. The van der Waals surface area contributed by atoms with Gasteiger partial charge in [0.25, 0.3) is 0 Å². The van der Waals surface area contributed by atoms with Gasteiger partial charge in [-0.05, 0) is 113 Å². The molecule has 2 aromatic carbocycles. The number of hydrogen-bond donors (Lipinski definition) is 15. The van der Waals surface area contributed by atoms with Crippen LogP contribution in [0.4, 0.5) is 0 Å². The van der Waals surface area contributed by atoms with Gasteiger partial charge in [-0.2, -0.15) is 0 Å². The zero-order valence-corrected chi connectivity index (χ0v) is 42.9. The van der Waals surface area contributed by atoms with E-state index in [9.17, 15) is 48.6 Å². The van der Waals surface area contributed by atoms with Gasteiger partial charge in [0.05, 0.1) is 13.2 Å². The Morgan fingerprint density at radius 2 is 0.707 bits per heavy atom. The normalized spacial score (nSPS) is 23.4. The molecule has 0 bridgehead atoms. The molecule has 0 spiro atoms. The van der Waals surface area contributed by atoms with Crippen LogP contribution >= 0.6 is 0 Å². The molecule has 8 atom stereocenters. The van der Waals surface area contributed by atoms with Crippen molar-refractivity contribution in [2.24, 2.45) is 23.1 Å². The quantitative estimate of drug-likeness (QED) is 0.0461. The van der Waals surface area contributed by atoms with Crippen molar-refractivity contribution in [1.29, 1.82) is 0 Å². The SMILES string of the molecule is CC(C)C[C@H]1NC(=O)[C@H](Cc2c[nH]c3ccccc23)NC(=O)[C@@H](CCCCN)NC(=O)[C@H](CO)NC(=O)[C@@H](CCCCN)NC(=O)[C@H](CO)NC(=O)[C@@H](CCCCN)NC(=O)[C@H](Cc2c[nH]c3ccccc23)NC1=O. The van der Waals surface area contributed by atoms with Gasteiger partial charge in [0.15, 0.2) is 0 Å². The average Bonchev–Trinajstić information content (AvgIpc) is 4.00. The highest BCUT2D eigenvalue weighted by molar-refractivity contribution is 5.99. The first kappa shape index (κ1) is 59.0. The van der Waals surface area contributed by atoms with Crippen molar-refractivity contribution < 1.29 is 48.6 Å². The Bertz CT molecular complexity index is 2460. The van der Waals surface area contributed by atoms with E-state index >= 15 is 0 Å². The summed E-state index contributed by atoms with van der Waals surface area (Å²) in [6.45, 7) is 2.60. The summed E-state index contributed by atoms with van der Waals surface area (Å²) < 4.78 is 0. The lowest BCUT2D eigenvalue weighted by Crippen LogP contribution is -2.62. The maximum absolute atomic E-state index is 14.8. The van der Waals surface area contributed by atoms with Crippen molar-refractivity contribution in [3.8, 4) is 0 Å². The molecule has 3 heterocycles. The van der Waals surface area contributed by atoms with Gasteiger partial charge in [0.1, 0.15) is 48.3 Å². The molecule has 5 rings (SSSR count). The van der Waals surface area contributed by atoms with Crippen LogP contribution in [0.5, 0.6) is 0 Å². The number of rotatable bonds is 20. The molecular formula is C52H77N13O10. The summed E-state index contributed by atoms with van der Waals surface area (Å²) in [6.07, 6.45) is 5.75. The lowest BCUT2D eigenvalue weighted by molar-refractivity contribution is -0.137. The van der Waals surface area contributed by atoms with E-state index in [1.807, 2.05) is 62.4 Å². The van der Waals surface area contributed by atoms with Gasteiger partial charge in [-0.1, -0.05) is 50.2 Å². The van der Waals surface area contributed by atoms with Gasteiger partial charge in [-0.15, -0.1) is 0 Å². The molecule has 8 amide bonds. The van der Waals surface area contributed by atoms with Crippen LogP contribution in [0, 0.1) is 5.92 Å². The highest BCUT2D eigenvalue weighted by Gasteiger charge is 2.36. The maximum atomic E-state index is 14.8. The second-order valence-electron chi connectivity index (χ2n) is 19.5. The number of H-pyrrole nitrogens is 2. The first-order chi connectivity index (χ1) is 36.1. The second-order valence-corrected chi connectivity index (χ2v) is 19.5. The van der Waals surface area contributed by atoms with E-state index < -0.39 is 109 Å². The van der Waals surface area contributed by atoms with Crippen LogP contribution in [0.1, 0.15) is 89.2 Å². The minimum absolute atomic E-state index is 0.00995. The fraction of sp³-hybridized carbons (Fsp3) is 0.538. The first-order valence-corrected chi connectivity index (χ1v) is 26.0. The molecule has 0 saturated carbocycles. The lowest BCUT2D eigenvalue weighted by atomic mass is 9.99. The molecule has 18 N–H and O–H groups in total. The van der Waals surface area contributed by atoms with Crippen molar-refractivity contribution in [2.75, 3.05) is 32.8 Å². The van der Waals surface area contributed by atoms with E-state index in [1.54, 1.807) is 12.4 Å². The molecule has 1 fully saturated rings. The van der Waals surface area contributed by atoms with Crippen LogP contribution in [-0.4, -0.2) is 149 Å². The number of amides is 8. The first-order valence-electron chi connectivity index (χ1n) is 26.0. The number of nitrogens with one attached hydrogen (secondary N) is 10. The number of aromatic nitrogens is 2. The number of aromatic amines is 2. The molecule has 1 aliphatic heterocycles. The van der Waals surface area contributed by atoms with E-state index in [0.717, 1.165) is 21.8 Å². The Morgan fingerprint density at radius 1 is 0.413 bits per heavy atom. The van der Waals surface area contributed by atoms with E-state index in [1.165, 1.54) is 0 Å². The highest BCUT2D eigenvalue weighted by Crippen LogP contribution is 2.22. The van der Waals surface area contributed by atoms with Crippen molar-refractivity contribution in [1.82, 2.24) is 52.5 Å². The maximum Gasteiger partial charge on any atom is 0.245 e. The van der Waals surface area contributed by atoms with Gasteiger partial charge in [0.2, 0.25) is 47.3 Å². The summed E-state index contributed by atoms with van der Waals surface area (Å²) in [5.74, 6) is -6.97. The Labute approximate surface area is 436 Å². The van der Waals surface area contributed by atoms with Crippen molar-refractivity contribution >= 4 is 69.1 Å². The largest absolute Gasteiger partial charge is 0.394 e. The summed E-state index contributed by atoms with van der Waals surface area (Å²) in [5.41, 5.74) is 20.1. The predicted molar refractivity (Wildman–Crippen MR) is 282 cm³/mol. The average molecular weight is 1040 g/mol. The van der Waals surface area contributed by atoms with Crippen molar-refractivity contribution in [3.63, 3.8) is 0 Å². The van der Waals surface area contributed by atoms with Gasteiger partial charge in [-0.25, -0.2) is 0 Å². The fourth-order valence-electron chi connectivity index (χ4n) is 9.01. The van der Waals surface area contributed by atoms with Crippen LogP contribution in [-0.2, 0) is 51.2 Å². The standard InChI is InChI=1S/C52H77N13O10/c1-30(2)23-40-48(71)63-41(24-31-26-56-35-15-5-3-13-33(31)35)49(72)58-38(18-8-11-21-54)46(69)64-44(29-67)52(75)60-39(19-9-12-22-55)47(70)65-43(28-66)51(74)59-37(17-7-10-20-53)45(68)62-42(50(73)61-40)25-32-27-57-36-16-6-4-14-34(32)36/h3-6,13-16,26-27,30,37-44,56-57,66-67H,7-12,17-25,28-29,53-55H2,1-2H3,(H,58,72)(H,59,74)(H,60,75)(H,61,73)(H,62,68)(H,63,71)(H,64,69)(H,65,70)/t37-,38-,39-,40-,41+,42+,43+,44+/m1/s1. The van der Waals surface area contributed by atoms with Crippen LogP contribution in [0.2, 0.25) is 0 Å². The third-order valence-corrected chi connectivity index (χ3v) is 13.2. The molecule has 0 unspecified atom stereocenters. The monoisotopic (exact) mass is 1040 g/mol. The fourth-order valence-corrected chi connectivity index (χ4v) is 9.01. The third-order valence-electron chi connectivity index (χ3n) is 13.2. The van der Waals surface area contributed by atoms with Crippen LogP contribution < -0.4 is 59.7 Å². The lowest BCUT2D eigenvalue weighted by Gasteiger charge is -2.29. The van der Waals surface area contributed by atoms with Gasteiger partial charge < -0.3 is 79.9 Å². The molecule has 2 aromatic heterocycles. The molecular weight excluding hydrogens is 967 g/mol. The minimum Gasteiger partial charge on any atom is -0.394 e. The zero-order valence-electron chi connectivity index (χ0n) is 42.9. The zero-order chi connectivity index (χ0) is 54.4. The molecule has 75 heavy (non-hydrogen) atoms. The van der Waals surface area contributed by atoms with Crippen molar-refractivity contribution in [3.05, 3.63) is 72.1 Å². The second kappa shape index (κ2) is 29.8. The summed E-state index contributed by atoms with van der Waals surface area (Å²) >= 11 is 0. The number of nitrogens with two attached hydrogens (primary N) is 3. The number of para-hydroxylation sites is 2. The van der Waals surface area contributed by atoms with E-state index in [2.05, 4.69) is 52.5 Å². The smallest absolute Gasteiger partial charge is 0.245 e. The summed E-state index contributed by atoms with van der Waals surface area (Å²) in [6, 6.07) is 3.40. The molecule has 0 radical (unpaired) electrons. The molecule has 23 nitrogen and oxygen atoms in total. The van der Waals surface area contributed by atoms with E-state index in [-0.39, 0.29) is 64.1 Å². The van der Waals surface area contributed by atoms with Gasteiger partial charge in [0, 0.05) is 47.0 Å². The number of fused-ring (bicyclic) bond motifs is 2. The number of carbonyl (C=O) groups excluding carboxylic acids is 8. The highest BCUT2D eigenvalue weighted by atomic mass is 16.3. The topological polar surface area (TPSA) is 383 Å². The summed E-state index contributed by atoms with van der Waals surface area (Å²) in [4.78, 5) is 121.